The van der Waals surface area contributed by atoms with E-state index in [1.807, 2.05) is 30.3 Å². The number of benzene rings is 1. The first kappa shape index (κ1) is 19.2. The van der Waals surface area contributed by atoms with Crippen molar-refractivity contribution in [2.24, 2.45) is 0 Å². The summed E-state index contributed by atoms with van der Waals surface area (Å²) in [5, 5.41) is 2.13. The van der Waals surface area contributed by atoms with Crippen molar-refractivity contribution in [3.8, 4) is 0 Å². The average molecular weight is 417 g/mol. The van der Waals surface area contributed by atoms with Crippen LogP contribution in [0.5, 0.6) is 0 Å². The number of nitrogens with zero attached hydrogens (tertiary/aromatic N) is 4. The van der Waals surface area contributed by atoms with E-state index in [1.54, 1.807) is 0 Å². The molecule has 10 heteroatoms. The SMILES string of the molecule is O=c1cc(C(S)c2ccc(C(F)(F)F)cn2)nc2nc(Cc3ccccc3)[nH]n12. The minimum absolute atomic E-state index is 0.157. The lowest BCUT2D eigenvalue weighted by molar-refractivity contribution is -0.137. The summed E-state index contributed by atoms with van der Waals surface area (Å²) in [6.07, 6.45) is -3.25. The van der Waals surface area contributed by atoms with Gasteiger partial charge in [0.1, 0.15) is 5.82 Å². The summed E-state index contributed by atoms with van der Waals surface area (Å²) in [5.74, 6) is 0.714. The van der Waals surface area contributed by atoms with Gasteiger partial charge >= 0.3 is 6.18 Å². The summed E-state index contributed by atoms with van der Waals surface area (Å²) in [5.41, 5.74) is 0.257. The van der Waals surface area contributed by atoms with Gasteiger partial charge in [-0.15, -0.1) is 0 Å². The Morgan fingerprint density at radius 1 is 1.07 bits per heavy atom. The van der Waals surface area contributed by atoms with Crippen LogP contribution in [0, 0.1) is 0 Å². The van der Waals surface area contributed by atoms with Crippen molar-refractivity contribution in [3.05, 3.63) is 93.4 Å². The van der Waals surface area contributed by atoms with Crippen LogP contribution in [0.25, 0.3) is 5.78 Å². The first-order valence-corrected chi connectivity index (χ1v) is 9.06. The van der Waals surface area contributed by atoms with Crippen LogP contribution in [-0.2, 0) is 12.6 Å². The molecule has 0 fully saturated rings. The highest BCUT2D eigenvalue weighted by Gasteiger charge is 2.31. The summed E-state index contributed by atoms with van der Waals surface area (Å²) < 4.78 is 39.3. The number of pyridine rings is 1. The van der Waals surface area contributed by atoms with E-state index in [0.29, 0.717) is 12.2 Å². The third kappa shape index (κ3) is 4.02. The molecule has 3 aromatic heterocycles. The monoisotopic (exact) mass is 417 g/mol. The van der Waals surface area contributed by atoms with Crippen LogP contribution < -0.4 is 5.56 Å². The quantitative estimate of drug-likeness (QED) is 0.499. The molecule has 3 heterocycles. The van der Waals surface area contributed by atoms with Gasteiger partial charge in [0.25, 0.3) is 11.3 Å². The van der Waals surface area contributed by atoms with Crippen molar-refractivity contribution in [3.63, 3.8) is 0 Å². The summed E-state index contributed by atoms with van der Waals surface area (Å²) in [7, 11) is 0. The number of fused-ring (bicyclic) bond motifs is 1. The molecule has 0 bridgehead atoms. The molecule has 0 saturated heterocycles. The van der Waals surface area contributed by atoms with Gasteiger partial charge in [0.2, 0.25) is 0 Å². The molecule has 0 amide bonds. The third-order valence-electron chi connectivity index (χ3n) is 4.29. The second kappa shape index (κ2) is 7.36. The average Bonchev–Trinajstić information content (AvgIpc) is 3.10. The lowest BCUT2D eigenvalue weighted by Crippen LogP contribution is -2.17. The zero-order valence-electron chi connectivity index (χ0n) is 14.8. The van der Waals surface area contributed by atoms with Gasteiger partial charge in [-0.1, -0.05) is 30.3 Å². The highest BCUT2D eigenvalue weighted by Crippen LogP contribution is 2.31. The van der Waals surface area contributed by atoms with E-state index in [1.165, 1.54) is 16.6 Å². The Kier molecular flexibility index (Phi) is 4.87. The largest absolute Gasteiger partial charge is 0.417 e. The number of H-pyrrole nitrogens is 1. The summed E-state index contributed by atoms with van der Waals surface area (Å²) >= 11 is 4.38. The van der Waals surface area contributed by atoms with Crippen molar-refractivity contribution in [2.45, 2.75) is 17.8 Å². The molecule has 0 aliphatic heterocycles. The second-order valence-corrected chi connectivity index (χ2v) is 6.88. The van der Waals surface area contributed by atoms with E-state index in [0.717, 1.165) is 17.8 Å². The molecule has 0 spiro atoms. The lowest BCUT2D eigenvalue weighted by Gasteiger charge is -2.11. The number of nitrogens with one attached hydrogen (secondary N) is 1. The zero-order chi connectivity index (χ0) is 20.6. The Bertz CT molecular complexity index is 1200. The van der Waals surface area contributed by atoms with E-state index < -0.39 is 22.5 Å². The summed E-state index contributed by atoms with van der Waals surface area (Å²) in [4.78, 5) is 24.9. The molecule has 1 unspecified atom stereocenters. The van der Waals surface area contributed by atoms with Crippen LogP contribution in [0.15, 0.2) is 59.5 Å². The van der Waals surface area contributed by atoms with Crippen LogP contribution in [0.1, 0.15) is 33.6 Å². The Morgan fingerprint density at radius 2 is 1.83 bits per heavy atom. The van der Waals surface area contributed by atoms with Crippen molar-refractivity contribution in [1.29, 1.82) is 0 Å². The number of halogens is 3. The number of alkyl halides is 3. The molecule has 0 saturated carbocycles. The summed E-state index contributed by atoms with van der Waals surface area (Å²) in [6, 6.07) is 13.0. The molecule has 29 heavy (non-hydrogen) atoms. The Hall–Kier alpha value is -3.14. The highest BCUT2D eigenvalue weighted by molar-refractivity contribution is 7.80. The fourth-order valence-electron chi connectivity index (χ4n) is 2.84. The van der Waals surface area contributed by atoms with E-state index in [9.17, 15) is 18.0 Å². The molecular weight excluding hydrogens is 403 g/mol. The molecule has 148 valence electrons. The van der Waals surface area contributed by atoms with Gasteiger partial charge in [0, 0.05) is 18.7 Å². The Labute approximate surface area is 167 Å². The van der Waals surface area contributed by atoms with Gasteiger partial charge in [-0.3, -0.25) is 14.9 Å². The van der Waals surface area contributed by atoms with Gasteiger partial charge in [0.15, 0.2) is 0 Å². The summed E-state index contributed by atoms with van der Waals surface area (Å²) in [6.45, 7) is 0. The standard InChI is InChI=1S/C19H14F3N5OS/c20-19(21,22)12-6-7-13(23-10-12)17(29)14-9-16(28)27-18(24-14)25-15(26-27)8-11-4-2-1-3-5-11/h1-7,9-10,17,29H,8H2,(H,24,25,26). The third-order valence-corrected chi connectivity index (χ3v) is 4.81. The highest BCUT2D eigenvalue weighted by atomic mass is 32.1. The second-order valence-electron chi connectivity index (χ2n) is 6.36. The zero-order valence-corrected chi connectivity index (χ0v) is 15.7. The van der Waals surface area contributed by atoms with E-state index in [-0.39, 0.29) is 17.2 Å². The molecule has 0 aliphatic rings. The van der Waals surface area contributed by atoms with Gasteiger partial charge in [-0.25, -0.2) is 4.98 Å². The van der Waals surface area contributed by atoms with Gasteiger partial charge in [-0.05, 0) is 17.7 Å². The van der Waals surface area contributed by atoms with Gasteiger partial charge < -0.3 is 0 Å². The van der Waals surface area contributed by atoms with Crippen LogP contribution in [0.4, 0.5) is 13.2 Å². The Morgan fingerprint density at radius 3 is 2.48 bits per heavy atom. The minimum Gasteiger partial charge on any atom is -0.275 e. The number of hydrogen-bond acceptors (Lipinski definition) is 5. The maximum absolute atomic E-state index is 12.7. The predicted octanol–water partition coefficient (Wildman–Crippen LogP) is 3.44. The maximum atomic E-state index is 12.7. The van der Waals surface area contributed by atoms with Crippen molar-refractivity contribution < 1.29 is 13.2 Å². The van der Waals surface area contributed by atoms with Crippen LogP contribution >= 0.6 is 12.6 Å². The molecule has 1 atom stereocenters. The van der Waals surface area contributed by atoms with Crippen molar-refractivity contribution >= 4 is 18.4 Å². The molecule has 4 rings (SSSR count). The van der Waals surface area contributed by atoms with Crippen molar-refractivity contribution in [1.82, 2.24) is 24.6 Å². The fourth-order valence-corrected chi connectivity index (χ4v) is 3.12. The first-order chi connectivity index (χ1) is 13.8. The molecule has 0 radical (unpaired) electrons. The number of rotatable bonds is 4. The van der Waals surface area contributed by atoms with Gasteiger partial charge in [0.05, 0.1) is 22.2 Å². The van der Waals surface area contributed by atoms with Gasteiger partial charge in [-0.2, -0.15) is 35.3 Å². The smallest absolute Gasteiger partial charge is 0.275 e. The first-order valence-electron chi connectivity index (χ1n) is 8.55. The molecule has 6 nitrogen and oxygen atoms in total. The van der Waals surface area contributed by atoms with E-state index in [4.69, 9.17) is 0 Å². The van der Waals surface area contributed by atoms with Crippen LogP contribution in [-0.4, -0.2) is 24.6 Å². The minimum atomic E-state index is -4.47. The van der Waals surface area contributed by atoms with Crippen LogP contribution in [0.2, 0.25) is 0 Å². The van der Waals surface area contributed by atoms with Crippen LogP contribution in [0.3, 0.4) is 0 Å². The Balaban J connectivity index is 1.65. The number of hydrogen-bond donors (Lipinski definition) is 2. The van der Waals surface area contributed by atoms with E-state index >= 15 is 0 Å². The lowest BCUT2D eigenvalue weighted by atomic mass is 10.1. The predicted molar refractivity (Wildman–Crippen MR) is 103 cm³/mol. The molecule has 1 N–H and O–H groups in total. The fraction of sp³-hybridized carbons (Fsp3) is 0.158. The topological polar surface area (TPSA) is 75.9 Å². The van der Waals surface area contributed by atoms with E-state index in [2.05, 4.69) is 32.7 Å². The molecule has 1 aromatic carbocycles. The number of thiol groups is 1. The normalized spacial score (nSPS) is 13.0. The number of aromatic amines is 1. The molecular formula is C19H14F3N5OS. The molecule has 0 aliphatic carbocycles. The molecule has 4 aromatic rings. The maximum Gasteiger partial charge on any atom is 0.417 e. The van der Waals surface area contributed by atoms with Crippen molar-refractivity contribution in [2.75, 3.05) is 0 Å². The number of aromatic nitrogens is 5.